The molecule has 0 bridgehead atoms. The first-order valence-corrected chi connectivity index (χ1v) is 5.66. The van der Waals surface area contributed by atoms with Crippen molar-refractivity contribution < 1.29 is 0 Å². The quantitative estimate of drug-likeness (QED) is 0.752. The van der Waals surface area contributed by atoms with Gasteiger partial charge in [-0.25, -0.2) is 4.98 Å². The van der Waals surface area contributed by atoms with Crippen LogP contribution in [0.4, 0.5) is 5.82 Å². The Hall–Kier alpha value is -1.36. The number of aromatic amines is 1. The Morgan fingerprint density at radius 3 is 3.06 bits per heavy atom. The van der Waals surface area contributed by atoms with Crippen molar-refractivity contribution in [1.82, 2.24) is 9.97 Å². The molecule has 0 amide bonds. The van der Waals surface area contributed by atoms with Crippen molar-refractivity contribution in [1.29, 1.82) is 0 Å². The van der Waals surface area contributed by atoms with Gasteiger partial charge in [-0.3, -0.25) is 4.79 Å². The standard InChI is InChI=1S/C11H18N4O/c1-7-3-4-15(9(7)6-12)10-5-11(16)14-8(2)13-10/h5,7,9H,3-4,6,12H2,1-2H3,(H,13,14,16). The summed E-state index contributed by atoms with van der Waals surface area (Å²) in [7, 11) is 0. The third-order valence-corrected chi connectivity index (χ3v) is 3.26. The molecule has 1 aromatic rings. The van der Waals surface area contributed by atoms with Gasteiger partial charge in [-0.15, -0.1) is 0 Å². The lowest BCUT2D eigenvalue weighted by Crippen LogP contribution is -2.39. The van der Waals surface area contributed by atoms with Crippen molar-refractivity contribution in [2.45, 2.75) is 26.3 Å². The van der Waals surface area contributed by atoms with E-state index in [4.69, 9.17) is 5.73 Å². The maximum absolute atomic E-state index is 11.4. The minimum Gasteiger partial charge on any atom is -0.352 e. The van der Waals surface area contributed by atoms with Gasteiger partial charge in [-0.05, 0) is 19.3 Å². The van der Waals surface area contributed by atoms with E-state index in [0.717, 1.165) is 18.8 Å². The molecule has 1 saturated heterocycles. The van der Waals surface area contributed by atoms with E-state index in [1.54, 1.807) is 13.0 Å². The van der Waals surface area contributed by atoms with Crippen LogP contribution in [0.5, 0.6) is 0 Å². The predicted molar refractivity (Wildman–Crippen MR) is 63.6 cm³/mol. The van der Waals surface area contributed by atoms with Gasteiger partial charge in [0.1, 0.15) is 11.6 Å². The molecular formula is C11H18N4O. The van der Waals surface area contributed by atoms with Gasteiger partial charge in [-0.1, -0.05) is 6.92 Å². The van der Waals surface area contributed by atoms with E-state index < -0.39 is 0 Å². The molecule has 0 spiro atoms. The minimum atomic E-state index is -0.0992. The summed E-state index contributed by atoms with van der Waals surface area (Å²) < 4.78 is 0. The predicted octanol–water partition coefficient (Wildman–Crippen LogP) is 0.252. The Kier molecular flexibility index (Phi) is 2.96. The van der Waals surface area contributed by atoms with Crippen molar-refractivity contribution in [3.63, 3.8) is 0 Å². The molecule has 2 heterocycles. The summed E-state index contributed by atoms with van der Waals surface area (Å²) in [5.74, 6) is 1.96. The molecule has 1 fully saturated rings. The zero-order chi connectivity index (χ0) is 11.7. The lowest BCUT2D eigenvalue weighted by Gasteiger charge is -2.26. The molecule has 2 rings (SSSR count). The number of anilines is 1. The summed E-state index contributed by atoms with van der Waals surface area (Å²) in [6, 6.07) is 1.85. The highest BCUT2D eigenvalue weighted by Crippen LogP contribution is 2.26. The average molecular weight is 222 g/mol. The van der Waals surface area contributed by atoms with Gasteiger partial charge in [0.05, 0.1) is 0 Å². The van der Waals surface area contributed by atoms with E-state index in [-0.39, 0.29) is 5.56 Å². The summed E-state index contributed by atoms with van der Waals surface area (Å²) >= 11 is 0. The van der Waals surface area contributed by atoms with E-state index in [2.05, 4.69) is 21.8 Å². The van der Waals surface area contributed by atoms with Crippen LogP contribution in [-0.4, -0.2) is 29.1 Å². The van der Waals surface area contributed by atoms with Gasteiger partial charge in [0.15, 0.2) is 0 Å². The number of nitrogens with two attached hydrogens (primary N) is 1. The molecule has 0 aliphatic carbocycles. The Labute approximate surface area is 94.7 Å². The molecule has 1 aliphatic heterocycles. The number of aromatic nitrogens is 2. The maximum Gasteiger partial charge on any atom is 0.252 e. The monoisotopic (exact) mass is 222 g/mol. The third-order valence-electron chi connectivity index (χ3n) is 3.26. The van der Waals surface area contributed by atoms with Crippen LogP contribution < -0.4 is 16.2 Å². The van der Waals surface area contributed by atoms with Crippen molar-refractivity contribution in [3.05, 3.63) is 22.2 Å². The summed E-state index contributed by atoms with van der Waals surface area (Å²) in [6.07, 6.45) is 1.11. The Balaban J connectivity index is 2.33. The summed E-state index contributed by atoms with van der Waals surface area (Å²) in [5.41, 5.74) is 5.67. The molecule has 16 heavy (non-hydrogen) atoms. The lowest BCUT2D eigenvalue weighted by atomic mass is 10.0. The number of nitrogens with zero attached hydrogens (tertiary/aromatic N) is 2. The number of hydrogen-bond donors (Lipinski definition) is 2. The van der Waals surface area contributed by atoms with Crippen LogP contribution in [0, 0.1) is 12.8 Å². The molecule has 3 N–H and O–H groups in total. The molecular weight excluding hydrogens is 204 g/mol. The van der Waals surface area contributed by atoms with Gasteiger partial charge >= 0.3 is 0 Å². The summed E-state index contributed by atoms with van der Waals surface area (Å²) in [6.45, 7) is 5.52. The lowest BCUT2D eigenvalue weighted by molar-refractivity contribution is 0.517. The first kappa shape index (κ1) is 11.1. The van der Waals surface area contributed by atoms with Crippen molar-refractivity contribution in [2.75, 3.05) is 18.0 Å². The SMILES string of the molecule is Cc1nc(N2CCC(C)C2CN)cc(=O)[nH]1. The fourth-order valence-electron chi connectivity index (χ4n) is 2.36. The van der Waals surface area contributed by atoms with E-state index in [1.165, 1.54) is 0 Å². The van der Waals surface area contributed by atoms with Crippen LogP contribution in [0.2, 0.25) is 0 Å². The zero-order valence-corrected chi connectivity index (χ0v) is 9.73. The molecule has 2 unspecified atom stereocenters. The van der Waals surface area contributed by atoms with Crippen molar-refractivity contribution >= 4 is 5.82 Å². The molecule has 1 aromatic heterocycles. The second kappa shape index (κ2) is 4.25. The van der Waals surface area contributed by atoms with Crippen molar-refractivity contribution in [3.8, 4) is 0 Å². The van der Waals surface area contributed by atoms with Crippen LogP contribution in [0.15, 0.2) is 10.9 Å². The molecule has 0 aromatic carbocycles. The second-order valence-corrected chi connectivity index (χ2v) is 4.45. The molecule has 88 valence electrons. The number of hydrogen-bond acceptors (Lipinski definition) is 4. The molecule has 0 radical (unpaired) electrons. The average Bonchev–Trinajstić information content (AvgIpc) is 2.58. The fourth-order valence-corrected chi connectivity index (χ4v) is 2.36. The number of H-pyrrole nitrogens is 1. The van der Waals surface area contributed by atoms with Gasteiger partial charge in [0.25, 0.3) is 5.56 Å². The topological polar surface area (TPSA) is 75.0 Å². The highest BCUT2D eigenvalue weighted by Gasteiger charge is 2.30. The fraction of sp³-hybridized carbons (Fsp3) is 0.636. The minimum absolute atomic E-state index is 0.0992. The summed E-state index contributed by atoms with van der Waals surface area (Å²) in [5, 5.41) is 0. The van der Waals surface area contributed by atoms with Crippen LogP contribution >= 0.6 is 0 Å². The van der Waals surface area contributed by atoms with Crippen LogP contribution in [0.1, 0.15) is 19.2 Å². The maximum atomic E-state index is 11.4. The Morgan fingerprint density at radius 1 is 1.69 bits per heavy atom. The normalized spacial score (nSPS) is 25.1. The molecule has 1 aliphatic rings. The number of aryl methyl sites for hydroxylation is 1. The highest BCUT2D eigenvalue weighted by molar-refractivity contribution is 5.40. The van der Waals surface area contributed by atoms with Gasteiger partial charge in [-0.2, -0.15) is 0 Å². The molecule has 5 nitrogen and oxygen atoms in total. The van der Waals surface area contributed by atoms with Gasteiger partial charge < -0.3 is 15.6 Å². The second-order valence-electron chi connectivity index (χ2n) is 4.45. The van der Waals surface area contributed by atoms with Crippen molar-refractivity contribution in [2.24, 2.45) is 11.7 Å². The first-order chi connectivity index (χ1) is 7.61. The molecule has 0 saturated carbocycles. The zero-order valence-electron chi connectivity index (χ0n) is 9.73. The largest absolute Gasteiger partial charge is 0.352 e. The Bertz CT molecular complexity index is 428. The van der Waals surface area contributed by atoms with Gasteiger partial charge in [0.2, 0.25) is 0 Å². The van der Waals surface area contributed by atoms with Crippen LogP contribution in [0.3, 0.4) is 0 Å². The van der Waals surface area contributed by atoms with E-state index in [0.29, 0.717) is 24.3 Å². The van der Waals surface area contributed by atoms with Crippen LogP contribution in [-0.2, 0) is 0 Å². The number of rotatable bonds is 2. The van der Waals surface area contributed by atoms with Gasteiger partial charge in [0, 0.05) is 25.2 Å². The smallest absolute Gasteiger partial charge is 0.252 e. The highest BCUT2D eigenvalue weighted by atomic mass is 16.1. The first-order valence-electron chi connectivity index (χ1n) is 5.66. The number of nitrogens with one attached hydrogen (secondary N) is 1. The molecule has 5 heteroatoms. The van der Waals surface area contributed by atoms with Crippen LogP contribution in [0.25, 0.3) is 0 Å². The van der Waals surface area contributed by atoms with E-state index >= 15 is 0 Å². The van der Waals surface area contributed by atoms with E-state index in [9.17, 15) is 4.79 Å². The summed E-state index contributed by atoms with van der Waals surface area (Å²) in [4.78, 5) is 20.6. The third kappa shape index (κ3) is 1.95. The van der Waals surface area contributed by atoms with E-state index in [1.807, 2.05) is 0 Å². The molecule has 2 atom stereocenters. The Morgan fingerprint density at radius 2 is 2.44 bits per heavy atom.